The summed E-state index contributed by atoms with van der Waals surface area (Å²) < 4.78 is 0. The summed E-state index contributed by atoms with van der Waals surface area (Å²) in [5.41, 5.74) is 0.434. The van der Waals surface area contributed by atoms with E-state index >= 15 is 0 Å². The highest BCUT2D eigenvalue weighted by Crippen LogP contribution is 2.68. The fourth-order valence-corrected chi connectivity index (χ4v) is 10.9. The maximum absolute atomic E-state index is 13.2. The normalized spacial score (nSPS) is 43.8. The summed E-state index contributed by atoms with van der Waals surface area (Å²) in [7, 11) is 0. The molecule has 4 saturated carbocycles. The van der Waals surface area contributed by atoms with Gasteiger partial charge in [-0.1, -0.05) is 40.7 Å². The van der Waals surface area contributed by atoms with Gasteiger partial charge >= 0.3 is 0 Å². The van der Waals surface area contributed by atoms with E-state index in [0.717, 1.165) is 25.7 Å². The van der Waals surface area contributed by atoms with E-state index in [-0.39, 0.29) is 40.9 Å². The number of carbonyl (C=O) groups excluding carboxylic acids is 1. The molecule has 36 heavy (non-hydrogen) atoms. The van der Waals surface area contributed by atoms with Crippen LogP contribution in [0.2, 0.25) is 0 Å². The summed E-state index contributed by atoms with van der Waals surface area (Å²) in [4.78, 5) is 14.5. The quantitative estimate of drug-likeness (QED) is 0.401. The molecule has 5 heteroatoms. The first-order valence-corrected chi connectivity index (χ1v) is 15.6. The zero-order valence-electron chi connectivity index (χ0n) is 23.1. The zero-order valence-corrected chi connectivity index (χ0v) is 23.9. The second kappa shape index (κ2) is 10.0. The minimum atomic E-state index is -0.277. The van der Waals surface area contributed by atoms with Crippen LogP contribution in [-0.4, -0.2) is 28.3 Å². The summed E-state index contributed by atoms with van der Waals surface area (Å²) in [6.45, 7) is 11.6. The molecule has 4 aliphatic carbocycles. The van der Waals surface area contributed by atoms with E-state index in [1.54, 1.807) is 11.3 Å². The van der Waals surface area contributed by atoms with Gasteiger partial charge in [0.1, 0.15) is 0 Å². The molecule has 1 heterocycles. The highest BCUT2D eigenvalue weighted by Gasteiger charge is 2.62. The first-order valence-electron chi connectivity index (χ1n) is 14.7. The minimum Gasteiger partial charge on any atom is -0.393 e. The van der Waals surface area contributed by atoms with Crippen molar-refractivity contribution in [2.24, 2.45) is 52.3 Å². The number of aliphatic hydroxyl groups excluding tert-OH is 2. The van der Waals surface area contributed by atoms with Crippen LogP contribution in [0, 0.1) is 52.3 Å². The Bertz CT molecular complexity index is 917. The van der Waals surface area contributed by atoms with Crippen LogP contribution in [0.5, 0.6) is 0 Å². The fraction of sp³-hybridized carbons (Fsp3) is 0.839. The number of thiophene rings is 1. The number of hydrogen-bond donors (Lipinski definition) is 3. The molecule has 0 bridgehead atoms. The molecule has 3 N–H and O–H groups in total. The monoisotopic (exact) mass is 515 g/mol. The molecule has 0 aromatic carbocycles. The maximum Gasteiger partial charge on any atom is 0.220 e. The smallest absolute Gasteiger partial charge is 0.220 e. The van der Waals surface area contributed by atoms with Crippen molar-refractivity contribution < 1.29 is 15.0 Å². The van der Waals surface area contributed by atoms with E-state index in [9.17, 15) is 15.0 Å². The van der Waals surface area contributed by atoms with E-state index in [0.29, 0.717) is 41.9 Å². The van der Waals surface area contributed by atoms with Gasteiger partial charge in [-0.3, -0.25) is 4.79 Å². The van der Waals surface area contributed by atoms with Crippen LogP contribution in [0.1, 0.15) is 103 Å². The van der Waals surface area contributed by atoms with Gasteiger partial charge in [-0.05, 0) is 115 Å². The number of amides is 1. The van der Waals surface area contributed by atoms with Gasteiger partial charge in [-0.25, -0.2) is 0 Å². The van der Waals surface area contributed by atoms with Gasteiger partial charge in [0.25, 0.3) is 0 Å². The average molecular weight is 516 g/mol. The van der Waals surface area contributed by atoms with Gasteiger partial charge < -0.3 is 15.5 Å². The molecule has 1 aromatic heterocycles. The molecule has 11 atom stereocenters. The summed E-state index contributed by atoms with van der Waals surface area (Å²) >= 11 is 1.73. The van der Waals surface area contributed by atoms with Gasteiger partial charge in [0, 0.05) is 11.3 Å². The molecule has 1 amide bonds. The average Bonchev–Trinajstić information content (AvgIpc) is 3.46. The summed E-state index contributed by atoms with van der Waals surface area (Å²) in [5.74, 6) is 3.68. The lowest BCUT2D eigenvalue weighted by atomic mass is 9.44. The number of fused-ring (bicyclic) bond motifs is 5. The van der Waals surface area contributed by atoms with E-state index in [1.807, 2.05) is 0 Å². The standard InChI is InChI=1S/C31H49NO3S/c1-18(2)29(27-7-6-14-36-27)32-28(35)15-19(3)22-8-9-23-21-17-26(34)25-16-20(33)10-12-31(25,5)24(21)11-13-30(22,23)4/h6-7,14,18-26,29,33-34H,8-13,15-17H2,1-5H3,(H,32,35)/t19-,20-,21+,22-,23+,24+,25+,26+,29?,30-,31-/m1/s1. The fourth-order valence-electron chi connectivity index (χ4n) is 9.96. The molecule has 0 aliphatic heterocycles. The second-order valence-electron chi connectivity index (χ2n) is 13.9. The van der Waals surface area contributed by atoms with Crippen molar-refractivity contribution in [3.63, 3.8) is 0 Å². The third kappa shape index (κ3) is 4.49. The number of hydrogen-bond acceptors (Lipinski definition) is 4. The summed E-state index contributed by atoms with van der Waals surface area (Å²) in [5, 5.41) is 27.1. The molecular formula is C31H49NO3S. The third-order valence-electron chi connectivity index (χ3n) is 11.8. The van der Waals surface area contributed by atoms with Gasteiger partial charge in [-0.2, -0.15) is 0 Å². The Hall–Kier alpha value is -0.910. The lowest BCUT2D eigenvalue weighted by Gasteiger charge is -2.62. The number of carbonyl (C=O) groups is 1. The van der Waals surface area contributed by atoms with E-state index < -0.39 is 0 Å². The van der Waals surface area contributed by atoms with Crippen molar-refractivity contribution in [1.82, 2.24) is 5.32 Å². The molecule has 1 aromatic rings. The third-order valence-corrected chi connectivity index (χ3v) is 12.7. The Labute approximate surface area is 222 Å². The number of nitrogens with one attached hydrogen (secondary N) is 1. The summed E-state index contributed by atoms with van der Waals surface area (Å²) in [6.07, 6.45) is 8.69. The molecule has 1 unspecified atom stereocenters. The highest BCUT2D eigenvalue weighted by atomic mass is 32.1. The highest BCUT2D eigenvalue weighted by molar-refractivity contribution is 7.10. The van der Waals surface area contributed by atoms with Gasteiger partial charge in [0.2, 0.25) is 5.91 Å². The summed E-state index contributed by atoms with van der Waals surface area (Å²) in [6, 6.07) is 4.30. The first kappa shape index (κ1) is 26.7. The van der Waals surface area contributed by atoms with Crippen molar-refractivity contribution in [1.29, 1.82) is 0 Å². The Morgan fingerprint density at radius 1 is 1.03 bits per heavy atom. The van der Waals surface area contributed by atoms with E-state index in [4.69, 9.17) is 0 Å². The Morgan fingerprint density at radius 2 is 1.75 bits per heavy atom. The molecule has 4 fully saturated rings. The molecule has 4 nitrogen and oxygen atoms in total. The van der Waals surface area contributed by atoms with Crippen molar-refractivity contribution in [2.45, 2.75) is 111 Å². The van der Waals surface area contributed by atoms with Crippen LogP contribution in [0.4, 0.5) is 0 Å². The Kier molecular flexibility index (Phi) is 7.41. The van der Waals surface area contributed by atoms with Crippen LogP contribution < -0.4 is 5.32 Å². The molecule has 4 aliphatic rings. The molecule has 5 rings (SSSR count). The van der Waals surface area contributed by atoms with Gasteiger partial charge in [0.05, 0.1) is 18.2 Å². The van der Waals surface area contributed by atoms with Crippen molar-refractivity contribution >= 4 is 17.2 Å². The maximum atomic E-state index is 13.2. The Balaban J connectivity index is 1.27. The van der Waals surface area contributed by atoms with Crippen LogP contribution >= 0.6 is 11.3 Å². The molecular weight excluding hydrogens is 466 g/mol. The van der Waals surface area contributed by atoms with Gasteiger partial charge in [-0.15, -0.1) is 11.3 Å². The van der Waals surface area contributed by atoms with Crippen LogP contribution in [0.15, 0.2) is 17.5 Å². The predicted octanol–water partition coefficient (Wildman–Crippen LogP) is 6.58. The van der Waals surface area contributed by atoms with Crippen molar-refractivity contribution in [2.75, 3.05) is 0 Å². The topological polar surface area (TPSA) is 69.6 Å². The lowest BCUT2D eigenvalue weighted by Crippen LogP contribution is -2.58. The SMILES string of the molecule is CC(C)C(NC(=O)C[C@@H](C)[C@H]1CC[C@H]2[C@@H]3C[C@H](O)[C@@H]4C[C@H](O)CC[C@]4(C)[C@H]3CC[C@]12C)c1cccs1. The van der Waals surface area contributed by atoms with Crippen LogP contribution in [0.3, 0.4) is 0 Å². The molecule has 202 valence electrons. The predicted molar refractivity (Wildman–Crippen MR) is 146 cm³/mol. The lowest BCUT2D eigenvalue weighted by molar-refractivity contribution is -0.172. The molecule has 0 radical (unpaired) electrons. The van der Waals surface area contributed by atoms with E-state index in [1.165, 1.54) is 30.6 Å². The van der Waals surface area contributed by atoms with Crippen molar-refractivity contribution in [3.05, 3.63) is 22.4 Å². The molecule has 0 spiro atoms. The number of rotatable bonds is 6. The van der Waals surface area contributed by atoms with Crippen LogP contribution in [0.25, 0.3) is 0 Å². The molecule has 0 saturated heterocycles. The van der Waals surface area contributed by atoms with Gasteiger partial charge in [0.15, 0.2) is 0 Å². The Morgan fingerprint density at radius 3 is 2.44 bits per heavy atom. The largest absolute Gasteiger partial charge is 0.393 e. The van der Waals surface area contributed by atoms with Crippen molar-refractivity contribution in [3.8, 4) is 0 Å². The minimum absolute atomic E-state index is 0.0958. The van der Waals surface area contributed by atoms with E-state index in [2.05, 4.69) is 57.4 Å². The van der Waals surface area contributed by atoms with Crippen LogP contribution in [-0.2, 0) is 4.79 Å². The zero-order chi connectivity index (χ0) is 25.8. The first-order chi connectivity index (χ1) is 17.0. The number of aliphatic hydroxyl groups is 2. The second-order valence-corrected chi connectivity index (χ2v) is 14.9.